The molecule has 1 amide bonds. The summed E-state index contributed by atoms with van der Waals surface area (Å²) >= 11 is 0. The van der Waals surface area contributed by atoms with Crippen molar-refractivity contribution in [1.29, 1.82) is 0 Å². The Morgan fingerprint density at radius 3 is 2.71 bits per heavy atom. The third-order valence-corrected chi connectivity index (χ3v) is 2.74. The number of benzene rings is 1. The summed E-state index contributed by atoms with van der Waals surface area (Å²) in [4.78, 5) is 11.8. The molecule has 0 spiro atoms. The van der Waals surface area contributed by atoms with Gasteiger partial charge in [-0.15, -0.1) is 0 Å². The maximum Gasteiger partial charge on any atom is 0.273 e. The maximum absolute atomic E-state index is 11.8. The van der Waals surface area contributed by atoms with Gasteiger partial charge >= 0.3 is 0 Å². The summed E-state index contributed by atoms with van der Waals surface area (Å²) in [7, 11) is 0. The topological polar surface area (TPSA) is 74.8 Å². The minimum absolute atomic E-state index is 0.522. The first-order valence-corrected chi connectivity index (χ1v) is 6.45. The van der Waals surface area contributed by atoms with Gasteiger partial charge in [0.1, 0.15) is 5.76 Å². The molecule has 1 aromatic heterocycles. The van der Waals surface area contributed by atoms with E-state index in [0.717, 1.165) is 0 Å². The lowest BCUT2D eigenvalue weighted by Gasteiger charge is -2.08. The first-order valence-electron chi connectivity index (χ1n) is 6.45. The van der Waals surface area contributed by atoms with Crippen LogP contribution in [0.2, 0.25) is 0 Å². The predicted molar refractivity (Wildman–Crippen MR) is 80.4 cm³/mol. The fraction of sp³-hybridized carbons (Fsp3) is 0.125. The van der Waals surface area contributed by atoms with Crippen molar-refractivity contribution in [1.82, 2.24) is 5.43 Å². The SMILES string of the molecule is CC(/C=C/c1ccco1)=NNC(=O)[C@H](O)c1ccccc1. The smallest absolute Gasteiger partial charge is 0.273 e. The number of hydrogen-bond donors (Lipinski definition) is 2. The minimum atomic E-state index is -1.24. The third-order valence-electron chi connectivity index (χ3n) is 2.74. The number of nitrogens with zero attached hydrogens (tertiary/aromatic N) is 1. The molecule has 0 aliphatic heterocycles. The second-order valence-electron chi connectivity index (χ2n) is 4.39. The van der Waals surface area contributed by atoms with Crippen molar-refractivity contribution in [2.24, 2.45) is 5.10 Å². The standard InChI is InChI=1S/C16H16N2O3/c1-12(9-10-14-8-5-11-21-14)17-18-16(20)15(19)13-6-3-2-4-7-13/h2-11,15,19H,1H3,(H,18,20)/b10-9+,17-12?/t15-/m1/s1. The average molecular weight is 284 g/mol. The fourth-order valence-electron chi connectivity index (χ4n) is 1.62. The molecular weight excluding hydrogens is 268 g/mol. The van der Waals surface area contributed by atoms with E-state index in [4.69, 9.17) is 4.42 Å². The summed E-state index contributed by atoms with van der Waals surface area (Å²) in [6.45, 7) is 1.73. The molecule has 0 saturated heterocycles. The monoisotopic (exact) mass is 284 g/mol. The Labute approximate surface area is 122 Å². The molecule has 2 N–H and O–H groups in total. The summed E-state index contributed by atoms with van der Waals surface area (Å²) in [5.41, 5.74) is 3.43. The summed E-state index contributed by atoms with van der Waals surface area (Å²) < 4.78 is 5.14. The first-order chi connectivity index (χ1) is 10.2. The molecule has 2 rings (SSSR count). The van der Waals surface area contributed by atoms with Crippen LogP contribution in [0.5, 0.6) is 0 Å². The van der Waals surface area contributed by atoms with Crippen molar-refractivity contribution in [3.63, 3.8) is 0 Å². The third kappa shape index (κ3) is 4.43. The number of furan rings is 1. The van der Waals surface area contributed by atoms with Gasteiger partial charge in [-0.05, 0) is 36.8 Å². The Kier molecular flexibility index (Phi) is 5.06. The van der Waals surface area contributed by atoms with Crippen molar-refractivity contribution in [2.45, 2.75) is 13.0 Å². The lowest BCUT2D eigenvalue weighted by Crippen LogP contribution is -2.25. The van der Waals surface area contributed by atoms with Gasteiger partial charge in [-0.2, -0.15) is 5.10 Å². The van der Waals surface area contributed by atoms with E-state index >= 15 is 0 Å². The predicted octanol–water partition coefficient (Wildman–Crippen LogP) is 2.52. The van der Waals surface area contributed by atoms with E-state index in [1.165, 1.54) is 0 Å². The van der Waals surface area contributed by atoms with E-state index in [0.29, 0.717) is 17.0 Å². The van der Waals surface area contributed by atoms with E-state index in [1.807, 2.05) is 12.1 Å². The van der Waals surface area contributed by atoms with Crippen LogP contribution in [0.15, 0.2) is 64.3 Å². The summed E-state index contributed by atoms with van der Waals surface area (Å²) in [6.07, 6.45) is 3.77. The highest BCUT2D eigenvalue weighted by molar-refractivity contribution is 5.97. The Morgan fingerprint density at radius 1 is 1.29 bits per heavy atom. The number of carbonyl (C=O) groups excluding carboxylic acids is 1. The quantitative estimate of drug-likeness (QED) is 0.654. The number of aliphatic hydroxyl groups is 1. The van der Waals surface area contributed by atoms with Gasteiger partial charge in [-0.3, -0.25) is 4.79 Å². The van der Waals surface area contributed by atoms with Crippen LogP contribution in [0.1, 0.15) is 24.4 Å². The van der Waals surface area contributed by atoms with Crippen LogP contribution in [0.4, 0.5) is 0 Å². The van der Waals surface area contributed by atoms with E-state index in [-0.39, 0.29) is 0 Å². The average Bonchev–Trinajstić information content (AvgIpc) is 3.04. The molecule has 0 fully saturated rings. The van der Waals surface area contributed by atoms with E-state index in [1.54, 1.807) is 55.7 Å². The normalized spacial score (nSPS) is 13.3. The molecule has 1 aromatic carbocycles. The van der Waals surface area contributed by atoms with Crippen LogP contribution in [-0.2, 0) is 4.79 Å². The number of rotatable bonds is 5. The molecule has 5 nitrogen and oxygen atoms in total. The minimum Gasteiger partial charge on any atom is -0.465 e. The number of nitrogens with one attached hydrogen (secondary N) is 1. The van der Waals surface area contributed by atoms with E-state index in [9.17, 15) is 9.90 Å². The molecular formula is C16H16N2O3. The van der Waals surface area contributed by atoms with Crippen LogP contribution < -0.4 is 5.43 Å². The molecule has 108 valence electrons. The summed E-state index contributed by atoms with van der Waals surface area (Å²) in [5, 5.41) is 13.8. The lowest BCUT2D eigenvalue weighted by atomic mass is 10.1. The van der Waals surface area contributed by atoms with Gasteiger partial charge in [0.2, 0.25) is 0 Å². The lowest BCUT2D eigenvalue weighted by molar-refractivity contribution is -0.129. The van der Waals surface area contributed by atoms with Gasteiger partial charge in [0, 0.05) is 0 Å². The second kappa shape index (κ2) is 7.21. The van der Waals surface area contributed by atoms with Crippen LogP contribution in [0.25, 0.3) is 6.08 Å². The molecule has 1 atom stereocenters. The largest absolute Gasteiger partial charge is 0.465 e. The van der Waals surface area contributed by atoms with Gasteiger partial charge in [0.05, 0.1) is 12.0 Å². The highest BCUT2D eigenvalue weighted by atomic mass is 16.3. The second-order valence-corrected chi connectivity index (χ2v) is 4.39. The number of carbonyl (C=O) groups is 1. The zero-order valence-electron chi connectivity index (χ0n) is 11.6. The first kappa shape index (κ1) is 14.7. The van der Waals surface area contributed by atoms with Crippen LogP contribution >= 0.6 is 0 Å². The molecule has 0 aliphatic rings. The van der Waals surface area contributed by atoms with Gasteiger partial charge in [0.25, 0.3) is 5.91 Å². The number of hydrogen-bond acceptors (Lipinski definition) is 4. The van der Waals surface area contributed by atoms with Crippen molar-refractivity contribution in [2.75, 3.05) is 0 Å². The highest BCUT2D eigenvalue weighted by Gasteiger charge is 2.15. The molecule has 0 aliphatic carbocycles. The zero-order chi connectivity index (χ0) is 15.1. The van der Waals surface area contributed by atoms with Crippen LogP contribution in [0.3, 0.4) is 0 Å². The van der Waals surface area contributed by atoms with Crippen LogP contribution in [-0.4, -0.2) is 16.7 Å². The van der Waals surface area contributed by atoms with E-state index in [2.05, 4.69) is 10.5 Å². The number of aliphatic hydroxyl groups excluding tert-OH is 1. The number of allylic oxidation sites excluding steroid dienone is 1. The highest BCUT2D eigenvalue weighted by Crippen LogP contribution is 2.11. The Balaban J connectivity index is 1.92. The molecule has 1 heterocycles. The summed E-state index contributed by atoms with van der Waals surface area (Å²) in [6, 6.07) is 12.3. The molecule has 0 saturated carbocycles. The Morgan fingerprint density at radius 2 is 2.05 bits per heavy atom. The Hall–Kier alpha value is -2.66. The van der Waals surface area contributed by atoms with Gasteiger partial charge in [-0.25, -0.2) is 5.43 Å². The molecule has 2 aromatic rings. The fourth-order valence-corrected chi connectivity index (χ4v) is 1.62. The number of amides is 1. The molecule has 0 bridgehead atoms. The maximum atomic E-state index is 11.8. The number of hydrazone groups is 1. The molecule has 0 radical (unpaired) electrons. The molecule has 21 heavy (non-hydrogen) atoms. The van der Waals surface area contributed by atoms with E-state index < -0.39 is 12.0 Å². The van der Waals surface area contributed by atoms with Crippen molar-refractivity contribution < 1.29 is 14.3 Å². The summed E-state index contributed by atoms with van der Waals surface area (Å²) in [5.74, 6) is 0.118. The van der Waals surface area contributed by atoms with Gasteiger partial charge in [-0.1, -0.05) is 30.3 Å². The van der Waals surface area contributed by atoms with Gasteiger partial charge in [0.15, 0.2) is 6.10 Å². The Bertz CT molecular complexity index is 631. The van der Waals surface area contributed by atoms with Gasteiger partial charge < -0.3 is 9.52 Å². The van der Waals surface area contributed by atoms with Crippen molar-refractivity contribution >= 4 is 17.7 Å². The van der Waals surface area contributed by atoms with Crippen molar-refractivity contribution in [3.8, 4) is 0 Å². The van der Waals surface area contributed by atoms with Crippen molar-refractivity contribution in [3.05, 3.63) is 66.1 Å². The molecule has 5 heteroatoms. The van der Waals surface area contributed by atoms with Crippen LogP contribution in [0, 0.1) is 0 Å². The molecule has 0 unspecified atom stereocenters. The zero-order valence-corrected chi connectivity index (χ0v) is 11.6.